The number of imide groups is 1. The first-order chi connectivity index (χ1) is 14.4. The number of halogens is 3. The Kier molecular flexibility index (Phi) is 4.63. The maximum atomic E-state index is 13.2. The van der Waals surface area contributed by atoms with Crippen LogP contribution in [0.4, 0.5) is 29.3 Å². The smallest absolute Gasteiger partial charge is 0.325 e. The van der Waals surface area contributed by atoms with Crippen molar-refractivity contribution in [2.45, 2.75) is 35.8 Å². The number of carbonyl (C=O) groups excluding carboxylic acids is 2. The number of benzene rings is 1. The third kappa shape index (κ3) is 3.00. The van der Waals surface area contributed by atoms with E-state index in [1.807, 2.05) is 6.92 Å². The largest absolute Gasteiger partial charge is 0.501 e. The van der Waals surface area contributed by atoms with E-state index in [9.17, 15) is 31.2 Å². The summed E-state index contributed by atoms with van der Waals surface area (Å²) in [5, 5.41) is 0. The van der Waals surface area contributed by atoms with Crippen LogP contribution in [0.1, 0.15) is 19.0 Å². The van der Waals surface area contributed by atoms with Crippen LogP contribution in [0.3, 0.4) is 0 Å². The van der Waals surface area contributed by atoms with Gasteiger partial charge >= 0.3 is 11.5 Å². The Morgan fingerprint density at radius 1 is 1.16 bits per heavy atom. The number of sulfone groups is 1. The molecule has 0 bridgehead atoms. The molecule has 1 aromatic heterocycles. The number of pyridine rings is 1. The van der Waals surface area contributed by atoms with Crippen molar-refractivity contribution in [2.75, 3.05) is 9.80 Å². The fourth-order valence-electron chi connectivity index (χ4n) is 3.86. The molecule has 12 heteroatoms. The van der Waals surface area contributed by atoms with Crippen LogP contribution in [0, 0.1) is 5.92 Å². The molecule has 2 fully saturated rings. The van der Waals surface area contributed by atoms with E-state index in [2.05, 4.69) is 4.98 Å². The van der Waals surface area contributed by atoms with E-state index in [0.29, 0.717) is 17.8 Å². The second-order valence-corrected chi connectivity index (χ2v) is 9.38. The number of aromatic nitrogens is 1. The molecule has 164 valence electrons. The predicted molar refractivity (Wildman–Crippen MR) is 104 cm³/mol. The molecule has 2 atom stereocenters. The van der Waals surface area contributed by atoms with Gasteiger partial charge in [-0.1, -0.05) is 6.92 Å². The average molecular weight is 454 g/mol. The normalized spacial score (nSPS) is 23.7. The summed E-state index contributed by atoms with van der Waals surface area (Å²) < 4.78 is 61.5. The summed E-state index contributed by atoms with van der Waals surface area (Å²) in [6, 6.07) is 5.95. The Labute approximate surface area is 175 Å². The Morgan fingerprint density at radius 3 is 2.29 bits per heavy atom. The maximum absolute atomic E-state index is 13.2. The van der Waals surface area contributed by atoms with Crippen molar-refractivity contribution in [1.82, 2.24) is 4.98 Å². The molecule has 1 saturated heterocycles. The molecule has 8 nitrogen and oxygen atoms in total. The molecule has 4 rings (SSSR count). The summed E-state index contributed by atoms with van der Waals surface area (Å²) in [4.78, 5) is 31.8. The second-order valence-electron chi connectivity index (χ2n) is 7.44. The quantitative estimate of drug-likeness (QED) is 0.711. The molecule has 1 spiro atoms. The fraction of sp³-hybridized carbons (Fsp3) is 0.316. The van der Waals surface area contributed by atoms with Crippen LogP contribution in [0.2, 0.25) is 0 Å². The lowest BCUT2D eigenvalue weighted by atomic mass is 10.1. The van der Waals surface area contributed by atoms with Gasteiger partial charge < -0.3 is 5.73 Å². The number of urea groups is 1. The molecule has 31 heavy (non-hydrogen) atoms. The summed E-state index contributed by atoms with van der Waals surface area (Å²) in [5.74, 6) is -0.670. The Bertz CT molecular complexity index is 1180. The minimum Gasteiger partial charge on any atom is -0.325 e. The van der Waals surface area contributed by atoms with Gasteiger partial charge in [0.2, 0.25) is 0 Å². The van der Waals surface area contributed by atoms with Crippen LogP contribution < -0.4 is 15.5 Å². The van der Waals surface area contributed by atoms with E-state index < -0.39 is 37.7 Å². The van der Waals surface area contributed by atoms with Gasteiger partial charge in [0.25, 0.3) is 15.7 Å². The number of rotatable bonds is 4. The molecule has 1 aliphatic heterocycles. The van der Waals surface area contributed by atoms with Crippen LogP contribution in [0.5, 0.6) is 0 Å². The van der Waals surface area contributed by atoms with Crippen LogP contribution in [-0.4, -0.2) is 36.4 Å². The second kappa shape index (κ2) is 6.76. The first-order valence-electron chi connectivity index (χ1n) is 9.20. The summed E-state index contributed by atoms with van der Waals surface area (Å²) in [5.41, 5.74) is -0.0328. The minimum absolute atomic E-state index is 0.0230. The van der Waals surface area contributed by atoms with Gasteiger partial charge in [-0.25, -0.2) is 18.1 Å². The van der Waals surface area contributed by atoms with E-state index >= 15 is 0 Å². The third-order valence-corrected chi connectivity index (χ3v) is 7.11. The summed E-state index contributed by atoms with van der Waals surface area (Å²) in [6.07, 6.45) is 1.88. The third-order valence-electron chi connectivity index (χ3n) is 5.60. The lowest BCUT2D eigenvalue weighted by Crippen LogP contribution is -2.39. The number of nitrogens with two attached hydrogens (primary N) is 1. The standard InChI is InChI=1S/C19H17F3N4O4S/c1-11-9-18(11)16(27)25(17(28)26(18)14-6-7-24-12(8-14)10-23)13-2-4-15(5-3-13)31(29,30)19(20,21)22/h2-8,11H,9-10,23H2,1H3. The highest BCUT2D eigenvalue weighted by atomic mass is 32.2. The van der Waals surface area contributed by atoms with Gasteiger partial charge in [-0.05, 0) is 48.7 Å². The fourth-order valence-corrected chi connectivity index (χ4v) is 4.62. The monoisotopic (exact) mass is 454 g/mol. The van der Waals surface area contributed by atoms with Crippen molar-refractivity contribution in [3.05, 3.63) is 48.3 Å². The highest BCUT2D eigenvalue weighted by Gasteiger charge is 2.70. The van der Waals surface area contributed by atoms with Gasteiger partial charge in [-0.2, -0.15) is 13.2 Å². The topological polar surface area (TPSA) is 114 Å². The summed E-state index contributed by atoms with van der Waals surface area (Å²) in [6.45, 7) is 1.94. The zero-order valence-electron chi connectivity index (χ0n) is 16.1. The average Bonchev–Trinajstić information content (AvgIpc) is 3.33. The Morgan fingerprint density at radius 2 is 1.77 bits per heavy atom. The van der Waals surface area contributed by atoms with Crippen molar-refractivity contribution in [3.8, 4) is 0 Å². The SMILES string of the molecule is CC1CC12C(=O)N(c1ccc(S(=O)(=O)C(F)(F)F)cc1)C(=O)N2c1ccnc(CN)c1. The summed E-state index contributed by atoms with van der Waals surface area (Å²) in [7, 11) is -5.54. The van der Waals surface area contributed by atoms with Crippen LogP contribution in [0.15, 0.2) is 47.5 Å². The zero-order chi connectivity index (χ0) is 22.8. The number of alkyl halides is 3. The Balaban J connectivity index is 1.74. The number of anilines is 2. The molecule has 1 saturated carbocycles. The Hall–Kier alpha value is -2.99. The molecule has 2 N–H and O–H groups in total. The number of carbonyl (C=O) groups is 2. The van der Waals surface area contributed by atoms with Crippen molar-refractivity contribution in [2.24, 2.45) is 11.7 Å². The first kappa shape index (κ1) is 21.2. The molecule has 2 aliphatic rings. The van der Waals surface area contributed by atoms with E-state index in [1.54, 1.807) is 12.1 Å². The van der Waals surface area contributed by atoms with Gasteiger partial charge in [0.15, 0.2) is 0 Å². The van der Waals surface area contributed by atoms with Crippen molar-refractivity contribution in [3.63, 3.8) is 0 Å². The van der Waals surface area contributed by atoms with Crippen LogP contribution >= 0.6 is 0 Å². The van der Waals surface area contributed by atoms with Gasteiger partial charge in [-0.3, -0.25) is 14.7 Å². The highest BCUT2D eigenvalue weighted by molar-refractivity contribution is 7.92. The molecule has 2 heterocycles. The number of hydrogen-bond donors (Lipinski definition) is 1. The molecule has 3 amide bonds. The van der Waals surface area contributed by atoms with Gasteiger partial charge in [0, 0.05) is 12.7 Å². The summed E-state index contributed by atoms with van der Waals surface area (Å²) >= 11 is 0. The van der Waals surface area contributed by atoms with E-state index in [0.717, 1.165) is 29.2 Å². The van der Waals surface area contributed by atoms with E-state index in [-0.39, 0.29) is 18.2 Å². The molecule has 1 aliphatic carbocycles. The number of nitrogens with zero attached hydrogens (tertiary/aromatic N) is 3. The zero-order valence-corrected chi connectivity index (χ0v) is 16.9. The first-order valence-corrected chi connectivity index (χ1v) is 10.7. The molecule has 0 radical (unpaired) electrons. The van der Waals surface area contributed by atoms with Gasteiger partial charge in [0.1, 0.15) is 5.54 Å². The van der Waals surface area contributed by atoms with E-state index in [4.69, 9.17) is 5.73 Å². The van der Waals surface area contributed by atoms with E-state index in [1.165, 1.54) is 11.1 Å². The predicted octanol–water partition coefficient (Wildman–Crippen LogP) is 2.59. The highest BCUT2D eigenvalue weighted by Crippen LogP contribution is 2.55. The van der Waals surface area contributed by atoms with Crippen molar-refractivity contribution >= 4 is 33.2 Å². The molecule has 1 aromatic carbocycles. The number of amides is 3. The van der Waals surface area contributed by atoms with Crippen LogP contribution in [-0.2, 0) is 21.2 Å². The lowest BCUT2D eigenvalue weighted by molar-refractivity contribution is -0.119. The molecular weight excluding hydrogens is 437 g/mol. The molecule has 2 aromatic rings. The minimum atomic E-state index is -5.54. The van der Waals surface area contributed by atoms with Crippen LogP contribution in [0.25, 0.3) is 0 Å². The van der Waals surface area contributed by atoms with Gasteiger partial charge in [0.05, 0.1) is 22.0 Å². The van der Waals surface area contributed by atoms with Gasteiger partial charge in [-0.15, -0.1) is 0 Å². The molecular formula is C19H17F3N4O4S. The molecule has 2 unspecified atom stereocenters. The van der Waals surface area contributed by atoms with Crippen molar-refractivity contribution < 1.29 is 31.2 Å². The van der Waals surface area contributed by atoms with Crippen molar-refractivity contribution in [1.29, 1.82) is 0 Å². The number of hydrogen-bond acceptors (Lipinski definition) is 6. The maximum Gasteiger partial charge on any atom is 0.501 e. The lowest BCUT2D eigenvalue weighted by Gasteiger charge is -2.22.